The number of benzene rings is 1. The monoisotopic (exact) mass is 333 g/mol. The fraction of sp³-hybridized carbons (Fsp3) is 0.333. The number of methoxy groups -OCH3 is 1. The molecule has 1 saturated carbocycles. The molecule has 5 heteroatoms. The van der Waals surface area contributed by atoms with Crippen molar-refractivity contribution in [1.82, 2.24) is 9.97 Å². The number of anilines is 1. The predicted octanol–water partition coefficient (Wildman–Crippen LogP) is 3.74. The maximum Gasteiger partial charge on any atom is 0.135 e. The first-order chi connectivity index (χ1) is 9.74. The first kappa shape index (κ1) is 13.4. The molecule has 3 rings (SSSR count). The fourth-order valence-corrected chi connectivity index (χ4v) is 2.38. The largest absolute Gasteiger partial charge is 0.497 e. The van der Waals surface area contributed by atoms with E-state index in [9.17, 15) is 0 Å². The van der Waals surface area contributed by atoms with E-state index in [0.29, 0.717) is 5.92 Å². The van der Waals surface area contributed by atoms with Gasteiger partial charge in [0.05, 0.1) is 7.11 Å². The first-order valence-corrected chi connectivity index (χ1v) is 7.45. The molecule has 0 radical (unpaired) electrons. The Balaban J connectivity index is 1.67. The van der Waals surface area contributed by atoms with E-state index < -0.39 is 0 Å². The highest BCUT2D eigenvalue weighted by Crippen LogP contribution is 2.38. The van der Waals surface area contributed by atoms with Crippen molar-refractivity contribution >= 4 is 21.7 Å². The second-order valence-electron chi connectivity index (χ2n) is 4.91. The van der Waals surface area contributed by atoms with Crippen LogP contribution in [0.1, 0.15) is 30.1 Å². The van der Waals surface area contributed by atoms with E-state index in [0.717, 1.165) is 28.5 Å². The maximum absolute atomic E-state index is 5.15. The molecule has 1 fully saturated rings. The molecule has 0 bridgehead atoms. The van der Waals surface area contributed by atoms with Crippen LogP contribution in [0.5, 0.6) is 5.75 Å². The van der Waals surface area contributed by atoms with Crippen LogP contribution in [0.25, 0.3) is 0 Å². The van der Waals surface area contributed by atoms with E-state index in [2.05, 4.69) is 31.2 Å². The van der Waals surface area contributed by atoms with Gasteiger partial charge in [0.1, 0.15) is 22.0 Å². The van der Waals surface area contributed by atoms with Gasteiger partial charge in [-0.15, -0.1) is 0 Å². The second-order valence-corrected chi connectivity index (χ2v) is 5.72. The summed E-state index contributed by atoms with van der Waals surface area (Å²) in [6.07, 6.45) is 2.41. The summed E-state index contributed by atoms with van der Waals surface area (Å²) in [6, 6.07) is 9.92. The van der Waals surface area contributed by atoms with Crippen molar-refractivity contribution in [2.75, 3.05) is 12.4 Å². The number of rotatable bonds is 5. The van der Waals surface area contributed by atoms with Crippen molar-refractivity contribution in [2.45, 2.75) is 25.3 Å². The van der Waals surface area contributed by atoms with E-state index in [1.54, 1.807) is 7.11 Å². The predicted molar refractivity (Wildman–Crippen MR) is 82.0 cm³/mol. The number of ether oxygens (including phenoxy) is 1. The third kappa shape index (κ3) is 3.28. The molecule has 104 valence electrons. The molecule has 0 unspecified atom stereocenters. The third-order valence-corrected chi connectivity index (χ3v) is 3.69. The van der Waals surface area contributed by atoms with E-state index >= 15 is 0 Å². The highest BCUT2D eigenvalue weighted by molar-refractivity contribution is 9.10. The van der Waals surface area contributed by atoms with Gasteiger partial charge >= 0.3 is 0 Å². The number of nitrogens with zero attached hydrogens (tertiary/aromatic N) is 2. The fourth-order valence-electron chi connectivity index (χ4n) is 1.99. The van der Waals surface area contributed by atoms with Gasteiger partial charge in [0.25, 0.3) is 0 Å². The summed E-state index contributed by atoms with van der Waals surface area (Å²) in [6.45, 7) is 0.734. The smallest absolute Gasteiger partial charge is 0.135 e. The van der Waals surface area contributed by atoms with Crippen molar-refractivity contribution in [1.29, 1.82) is 0 Å². The molecule has 1 heterocycles. The quantitative estimate of drug-likeness (QED) is 0.847. The molecule has 1 N–H and O–H groups in total. The number of hydrogen-bond donors (Lipinski definition) is 1. The van der Waals surface area contributed by atoms with Gasteiger partial charge in [-0.25, -0.2) is 9.97 Å². The van der Waals surface area contributed by atoms with Gasteiger partial charge < -0.3 is 10.1 Å². The summed E-state index contributed by atoms with van der Waals surface area (Å²) in [5, 5.41) is 3.34. The van der Waals surface area contributed by atoms with Crippen molar-refractivity contribution < 1.29 is 4.74 Å². The Hall–Kier alpha value is -1.62. The van der Waals surface area contributed by atoms with Crippen LogP contribution in [-0.4, -0.2) is 17.1 Å². The summed E-state index contributed by atoms with van der Waals surface area (Å²) in [4.78, 5) is 8.99. The zero-order valence-corrected chi connectivity index (χ0v) is 12.9. The van der Waals surface area contributed by atoms with E-state index in [1.807, 2.05) is 30.3 Å². The highest BCUT2D eigenvalue weighted by Gasteiger charge is 2.27. The van der Waals surface area contributed by atoms with Crippen LogP contribution in [0.3, 0.4) is 0 Å². The van der Waals surface area contributed by atoms with Crippen LogP contribution in [0.2, 0.25) is 0 Å². The average Bonchev–Trinajstić information content (AvgIpc) is 3.30. The van der Waals surface area contributed by atoms with Gasteiger partial charge in [0.2, 0.25) is 0 Å². The highest BCUT2D eigenvalue weighted by atomic mass is 79.9. The van der Waals surface area contributed by atoms with Gasteiger partial charge in [-0.2, -0.15) is 0 Å². The van der Waals surface area contributed by atoms with E-state index in [4.69, 9.17) is 4.74 Å². The lowest BCUT2D eigenvalue weighted by molar-refractivity contribution is 0.414. The van der Waals surface area contributed by atoms with Crippen molar-refractivity contribution in [3.8, 4) is 5.75 Å². The van der Waals surface area contributed by atoms with Crippen molar-refractivity contribution in [2.24, 2.45) is 0 Å². The molecule has 2 aromatic rings. The molecule has 0 saturated heterocycles. The molecule has 0 atom stereocenters. The third-order valence-electron chi connectivity index (χ3n) is 3.29. The van der Waals surface area contributed by atoms with Crippen LogP contribution in [0.15, 0.2) is 34.9 Å². The number of hydrogen-bond acceptors (Lipinski definition) is 4. The summed E-state index contributed by atoms with van der Waals surface area (Å²) in [5.41, 5.74) is 1.19. The average molecular weight is 334 g/mol. The molecular formula is C15H16BrN3O. The normalized spacial score (nSPS) is 14.1. The SMILES string of the molecule is COc1ccc(CNc2cc(Br)nc(C3CC3)n2)cc1. The molecule has 4 nitrogen and oxygen atoms in total. The number of aromatic nitrogens is 2. The minimum Gasteiger partial charge on any atom is -0.497 e. The van der Waals surface area contributed by atoms with Gasteiger partial charge in [0, 0.05) is 18.5 Å². The standard InChI is InChI=1S/C15H16BrN3O/c1-20-12-6-2-10(3-7-12)9-17-14-8-13(16)18-15(19-14)11-4-5-11/h2-3,6-8,11H,4-5,9H2,1H3,(H,17,18,19). The Bertz CT molecular complexity index is 597. The molecule has 1 aromatic carbocycles. The summed E-state index contributed by atoms with van der Waals surface area (Å²) < 4.78 is 5.99. The van der Waals surface area contributed by atoms with Crippen molar-refractivity contribution in [3.05, 3.63) is 46.3 Å². The minimum absolute atomic E-state index is 0.550. The minimum atomic E-state index is 0.550. The Morgan fingerprint density at radius 3 is 2.65 bits per heavy atom. The molecular weight excluding hydrogens is 318 g/mol. The summed E-state index contributed by atoms with van der Waals surface area (Å²) in [7, 11) is 1.67. The van der Waals surface area contributed by atoms with Crippen LogP contribution in [-0.2, 0) is 6.54 Å². The van der Waals surface area contributed by atoms with E-state index in [1.165, 1.54) is 18.4 Å². The first-order valence-electron chi connectivity index (χ1n) is 6.66. The Kier molecular flexibility index (Phi) is 3.87. The lowest BCUT2D eigenvalue weighted by atomic mass is 10.2. The molecule has 0 aliphatic heterocycles. The number of nitrogens with one attached hydrogen (secondary N) is 1. The zero-order chi connectivity index (χ0) is 13.9. The van der Waals surface area contributed by atoms with Crippen LogP contribution >= 0.6 is 15.9 Å². The van der Waals surface area contributed by atoms with Gasteiger partial charge in [-0.3, -0.25) is 0 Å². The molecule has 1 aromatic heterocycles. The molecule has 20 heavy (non-hydrogen) atoms. The van der Waals surface area contributed by atoms with Crippen molar-refractivity contribution in [3.63, 3.8) is 0 Å². The Morgan fingerprint density at radius 1 is 1.25 bits per heavy atom. The number of halogens is 1. The van der Waals surface area contributed by atoms with Gasteiger partial charge in [-0.1, -0.05) is 12.1 Å². The van der Waals surface area contributed by atoms with Crippen LogP contribution in [0.4, 0.5) is 5.82 Å². The second kappa shape index (κ2) is 5.79. The lowest BCUT2D eigenvalue weighted by Crippen LogP contribution is -2.04. The zero-order valence-electron chi connectivity index (χ0n) is 11.3. The Labute approximate surface area is 126 Å². The Morgan fingerprint density at radius 2 is 2.00 bits per heavy atom. The van der Waals surface area contributed by atoms with Gasteiger partial charge in [-0.05, 0) is 46.5 Å². The summed E-state index contributed by atoms with van der Waals surface area (Å²) in [5.74, 6) is 3.23. The topological polar surface area (TPSA) is 47.0 Å². The van der Waals surface area contributed by atoms with Crippen LogP contribution < -0.4 is 10.1 Å². The van der Waals surface area contributed by atoms with E-state index in [-0.39, 0.29) is 0 Å². The molecule has 1 aliphatic carbocycles. The van der Waals surface area contributed by atoms with Gasteiger partial charge in [0.15, 0.2) is 0 Å². The molecule has 0 amide bonds. The molecule has 0 spiro atoms. The molecule has 1 aliphatic rings. The maximum atomic E-state index is 5.15. The lowest BCUT2D eigenvalue weighted by Gasteiger charge is -2.08. The van der Waals surface area contributed by atoms with Crippen LogP contribution in [0, 0.1) is 0 Å². The summed E-state index contributed by atoms with van der Waals surface area (Å²) >= 11 is 3.45.